The van der Waals surface area contributed by atoms with Crippen LogP contribution in [0.15, 0.2) is 24.3 Å². The number of nitrogens with zero attached hydrogens (tertiary/aromatic N) is 1. The normalized spacial score (nSPS) is 19.7. The van der Waals surface area contributed by atoms with Crippen LogP contribution in [0.2, 0.25) is 0 Å². The molecule has 2 heteroatoms. The lowest BCUT2D eigenvalue weighted by molar-refractivity contribution is 0.492. The summed E-state index contributed by atoms with van der Waals surface area (Å²) in [7, 11) is 0. The maximum Gasteiger partial charge on any atom is 0.0368 e. The topological polar surface area (TPSA) is 15.3 Å². The second kappa shape index (κ2) is 6.42. The van der Waals surface area contributed by atoms with Crippen molar-refractivity contribution >= 4 is 5.69 Å². The summed E-state index contributed by atoms with van der Waals surface area (Å²) >= 11 is 0. The first-order valence-corrected chi connectivity index (χ1v) is 7.67. The number of rotatable bonds is 5. The number of hydrogen-bond donors (Lipinski definition) is 1. The van der Waals surface area contributed by atoms with E-state index >= 15 is 0 Å². The van der Waals surface area contributed by atoms with Crippen molar-refractivity contribution in [3.8, 4) is 0 Å². The number of benzene rings is 1. The van der Waals surface area contributed by atoms with E-state index in [0.717, 1.165) is 18.5 Å². The Morgan fingerprint density at radius 3 is 2.42 bits per heavy atom. The highest BCUT2D eigenvalue weighted by Gasteiger charge is 2.26. The number of anilines is 1. The zero-order valence-electron chi connectivity index (χ0n) is 12.8. The molecule has 1 aliphatic heterocycles. The van der Waals surface area contributed by atoms with Gasteiger partial charge in [-0.25, -0.2) is 0 Å². The van der Waals surface area contributed by atoms with Crippen molar-refractivity contribution in [2.24, 2.45) is 5.92 Å². The summed E-state index contributed by atoms with van der Waals surface area (Å²) in [6.07, 6.45) is 2.67. The molecule has 2 rings (SSSR count). The van der Waals surface area contributed by atoms with Gasteiger partial charge in [-0.1, -0.05) is 39.8 Å². The largest absolute Gasteiger partial charge is 0.368 e. The van der Waals surface area contributed by atoms with E-state index in [9.17, 15) is 0 Å². The Bertz CT molecular complexity index is 381. The van der Waals surface area contributed by atoms with Crippen LogP contribution in [-0.4, -0.2) is 18.6 Å². The molecule has 1 fully saturated rings. The van der Waals surface area contributed by atoms with Crippen molar-refractivity contribution in [2.75, 3.05) is 11.4 Å². The summed E-state index contributed by atoms with van der Waals surface area (Å²) in [6.45, 7) is 11.2. The molecule has 1 atom stereocenters. The lowest BCUT2D eigenvalue weighted by Gasteiger charge is -2.29. The van der Waals surface area contributed by atoms with Crippen molar-refractivity contribution in [1.82, 2.24) is 5.32 Å². The highest BCUT2D eigenvalue weighted by molar-refractivity contribution is 5.49. The minimum Gasteiger partial charge on any atom is -0.368 e. The first-order valence-electron chi connectivity index (χ1n) is 7.67. The van der Waals surface area contributed by atoms with Crippen LogP contribution >= 0.6 is 0 Å². The fraction of sp³-hybridized carbons (Fsp3) is 0.647. The van der Waals surface area contributed by atoms with Crippen LogP contribution in [0.3, 0.4) is 0 Å². The predicted molar refractivity (Wildman–Crippen MR) is 83.6 cm³/mol. The molecule has 0 bridgehead atoms. The van der Waals surface area contributed by atoms with E-state index < -0.39 is 0 Å². The second-order valence-corrected chi connectivity index (χ2v) is 6.35. The van der Waals surface area contributed by atoms with E-state index in [1.165, 1.54) is 30.6 Å². The van der Waals surface area contributed by atoms with Gasteiger partial charge in [-0.15, -0.1) is 0 Å². The van der Waals surface area contributed by atoms with Crippen LogP contribution in [0.1, 0.15) is 46.1 Å². The van der Waals surface area contributed by atoms with E-state index in [4.69, 9.17) is 0 Å². The quantitative estimate of drug-likeness (QED) is 0.866. The third kappa shape index (κ3) is 3.73. The number of nitrogens with one attached hydrogen (secondary N) is 1. The average molecular weight is 260 g/mol. The van der Waals surface area contributed by atoms with Gasteiger partial charge in [-0.05, 0) is 36.5 Å². The Kier molecular flexibility index (Phi) is 4.87. The van der Waals surface area contributed by atoms with Crippen molar-refractivity contribution in [3.63, 3.8) is 0 Å². The maximum absolute atomic E-state index is 3.46. The lowest BCUT2D eigenvalue weighted by atomic mass is 10.0. The smallest absolute Gasteiger partial charge is 0.0368 e. The van der Waals surface area contributed by atoms with E-state index in [-0.39, 0.29) is 0 Å². The van der Waals surface area contributed by atoms with Gasteiger partial charge >= 0.3 is 0 Å². The molecule has 1 aromatic carbocycles. The molecule has 1 unspecified atom stereocenters. The standard InChI is InChI=1S/C17H28N2/c1-13(2)17-6-5-11-19(17)16-9-7-15(8-10-16)12-18-14(3)4/h7-10,13-14,17-18H,5-6,11-12H2,1-4H3. The van der Waals surface area contributed by atoms with Crippen LogP contribution in [0.5, 0.6) is 0 Å². The van der Waals surface area contributed by atoms with Gasteiger partial charge in [0.2, 0.25) is 0 Å². The Morgan fingerprint density at radius 2 is 1.84 bits per heavy atom. The van der Waals surface area contributed by atoms with Crippen molar-refractivity contribution in [3.05, 3.63) is 29.8 Å². The summed E-state index contributed by atoms with van der Waals surface area (Å²) in [5.74, 6) is 0.741. The monoisotopic (exact) mass is 260 g/mol. The van der Waals surface area contributed by atoms with Crippen molar-refractivity contribution in [2.45, 2.75) is 59.2 Å². The van der Waals surface area contributed by atoms with Crippen molar-refractivity contribution < 1.29 is 0 Å². The first-order chi connectivity index (χ1) is 9.08. The molecule has 1 N–H and O–H groups in total. The summed E-state index contributed by atoms with van der Waals surface area (Å²) in [5, 5.41) is 3.46. The van der Waals surface area contributed by atoms with E-state index in [1.54, 1.807) is 0 Å². The lowest BCUT2D eigenvalue weighted by Crippen LogP contribution is -2.33. The molecule has 1 saturated heterocycles. The molecule has 1 aliphatic rings. The molecule has 106 valence electrons. The fourth-order valence-corrected chi connectivity index (χ4v) is 2.93. The van der Waals surface area contributed by atoms with Crippen LogP contribution in [-0.2, 0) is 6.54 Å². The average Bonchev–Trinajstić information content (AvgIpc) is 2.86. The third-order valence-corrected chi connectivity index (χ3v) is 4.05. The maximum atomic E-state index is 3.46. The Labute approximate surface area is 118 Å². The molecule has 0 spiro atoms. The molecule has 1 aromatic rings. The Morgan fingerprint density at radius 1 is 1.16 bits per heavy atom. The molecule has 1 heterocycles. The third-order valence-electron chi connectivity index (χ3n) is 4.05. The molecule has 19 heavy (non-hydrogen) atoms. The molecule has 0 radical (unpaired) electrons. The Balaban J connectivity index is 2.01. The van der Waals surface area contributed by atoms with Crippen LogP contribution in [0.25, 0.3) is 0 Å². The SMILES string of the molecule is CC(C)NCc1ccc(N2CCCC2C(C)C)cc1. The summed E-state index contributed by atoms with van der Waals surface area (Å²) in [5.41, 5.74) is 2.77. The van der Waals surface area contributed by atoms with Gasteiger partial charge in [-0.2, -0.15) is 0 Å². The number of hydrogen-bond acceptors (Lipinski definition) is 2. The summed E-state index contributed by atoms with van der Waals surface area (Å²) in [6, 6.07) is 10.4. The zero-order chi connectivity index (χ0) is 13.8. The van der Waals surface area contributed by atoms with Gasteiger partial charge in [0.15, 0.2) is 0 Å². The van der Waals surface area contributed by atoms with E-state index in [2.05, 4.69) is 62.2 Å². The molecule has 2 nitrogen and oxygen atoms in total. The minimum absolute atomic E-state index is 0.545. The molecule has 0 aromatic heterocycles. The van der Waals surface area contributed by atoms with Crippen LogP contribution in [0, 0.1) is 5.92 Å². The van der Waals surface area contributed by atoms with Gasteiger partial charge in [0.05, 0.1) is 0 Å². The highest BCUT2D eigenvalue weighted by Crippen LogP contribution is 2.29. The van der Waals surface area contributed by atoms with Gasteiger partial charge in [0, 0.05) is 30.9 Å². The molecule has 0 amide bonds. The molecule has 0 aliphatic carbocycles. The molecule has 0 saturated carbocycles. The van der Waals surface area contributed by atoms with Gasteiger partial charge in [-0.3, -0.25) is 0 Å². The predicted octanol–water partition coefficient (Wildman–Crippen LogP) is 3.81. The zero-order valence-corrected chi connectivity index (χ0v) is 12.8. The van der Waals surface area contributed by atoms with Crippen LogP contribution in [0.4, 0.5) is 5.69 Å². The highest BCUT2D eigenvalue weighted by atomic mass is 15.2. The minimum atomic E-state index is 0.545. The molecular weight excluding hydrogens is 232 g/mol. The van der Waals surface area contributed by atoms with E-state index in [1.807, 2.05) is 0 Å². The van der Waals surface area contributed by atoms with Gasteiger partial charge < -0.3 is 10.2 Å². The summed E-state index contributed by atoms with van der Waals surface area (Å²) < 4.78 is 0. The van der Waals surface area contributed by atoms with Crippen molar-refractivity contribution in [1.29, 1.82) is 0 Å². The fourth-order valence-electron chi connectivity index (χ4n) is 2.93. The van der Waals surface area contributed by atoms with Crippen LogP contribution < -0.4 is 10.2 Å². The molecular formula is C17H28N2. The first kappa shape index (κ1) is 14.4. The Hall–Kier alpha value is -1.02. The van der Waals surface area contributed by atoms with Gasteiger partial charge in [0.1, 0.15) is 0 Å². The van der Waals surface area contributed by atoms with Gasteiger partial charge in [0.25, 0.3) is 0 Å². The second-order valence-electron chi connectivity index (χ2n) is 6.35. The van der Waals surface area contributed by atoms with E-state index in [0.29, 0.717) is 6.04 Å². The summed E-state index contributed by atoms with van der Waals surface area (Å²) in [4.78, 5) is 2.59.